The van der Waals surface area contributed by atoms with Crippen LogP contribution < -0.4 is 14.2 Å². The molecule has 0 aliphatic carbocycles. The van der Waals surface area contributed by atoms with E-state index in [9.17, 15) is 31.5 Å². The maximum atomic E-state index is 12.8. The summed E-state index contributed by atoms with van der Waals surface area (Å²) in [6, 6.07) is 10.6. The lowest BCUT2D eigenvalue weighted by Gasteiger charge is -2.31. The minimum atomic E-state index is -4.89. The van der Waals surface area contributed by atoms with Crippen molar-refractivity contribution in [3.05, 3.63) is 64.7 Å². The highest BCUT2D eigenvalue weighted by Crippen LogP contribution is 2.48. The number of fused-ring (bicyclic) bond motifs is 1. The summed E-state index contributed by atoms with van der Waals surface area (Å²) in [5.41, 5.74) is 3.11. The zero-order chi connectivity index (χ0) is 31.9. The Labute approximate surface area is 248 Å². The number of carboxylic acid groups (broad SMARTS) is 1. The van der Waals surface area contributed by atoms with E-state index in [0.717, 1.165) is 42.5 Å². The second-order valence-corrected chi connectivity index (χ2v) is 13.2. The molecule has 2 N–H and O–H groups in total. The van der Waals surface area contributed by atoms with Crippen molar-refractivity contribution in [1.29, 1.82) is 0 Å². The number of carboxylic acids is 1. The Morgan fingerprint density at radius 1 is 1.00 bits per heavy atom. The second-order valence-electron chi connectivity index (χ2n) is 11.5. The molecule has 0 fully saturated rings. The number of carbonyl (C=O) groups is 1. The van der Waals surface area contributed by atoms with Crippen LogP contribution in [0.3, 0.4) is 0 Å². The molecule has 1 aliphatic heterocycles. The first kappa shape index (κ1) is 32.2. The highest BCUT2D eigenvalue weighted by molar-refractivity contribution is 7.92. The van der Waals surface area contributed by atoms with Crippen LogP contribution in [-0.2, 0) is 26.0 Å². The molecule has 232 valence electrons. The molecule has 0 aromatic heterocycles. The molecule has 1 heterocycles. The van der Waals surface area contributed by atoms with Gasteiger partial charge in [-0.05, 0) is 105 Å². The zero-order valence-corrected chi connectivity index (χ0v) is 25.5. The molecule has 1 aliphatic rings. The van der Waals surface area contributed by atoms with Crippen LogP contribution in [0.1, 0.15) is 55.5 Å². The molecule has 8 nitrogen and oxygen atoms in total. The van der Waals surface area contributed by atoms with E-state index < -0.39 is 39.8 Å². The lowest BCUT2D eigenvalue weighted by atomic mass is 9.82. The summed E-state index contributed by atoms with van der Waals surface area (Å²) in [5.74, 6) is -0.992. The molecule has 12 heteroatoms. The number of halogens is 3. The summed E-state index contributed by atoms with van der Waals surface area (Å²) < 4.78 is 82.1. The summed E-state index contributed by atoms with van der Waals surface area (Å²) >= 11 is 0. The number of aryl methyl sites for hydroxylation is 1. The van der Waals surface area contributed by atoms with Gasteiger partial charge in [0.25, 0.3) is 0 Å². The molecule has 0 saturated carbocycles. The van der Waals surface area contributed by atoms with Crippen LogP contribution in [0.25, 0.3) is 22.3 Å². The Morgan fingerprint density at radius 2 is 1.63 bits per heavy atom. The topological polar surface area (TPSA) is 111 Å². The monoisotopic (exact) mass is 621 g/mol. The number of aliphatic carboxylic acids is 1. The van der Waals surface area contributed by atoms with Crippen molar-refractivity contribution < 1.29 is 45.7 Å². The van der Waals surface area contributed by atoms with Gasteiger partial charge in [-0.15, -0.1) is 13.2 Å². The third kappa shape index (κ3) is 7.61. The predicted molar refractivity (Wildman–Crippen MR) is 157 cm³/mol. The largest absolute Gasteiger partial charge is 0.573 e. The van der Waals surface area contributed by atoms with E-state index in [0.29, 0.717) is 40.0 Å². The molecular weight excluding hydrogens is 587 g/mol. The number of rotatable bonds is 8. The van der Waals surface area contributed by atoms with Crippen LogP contribution in [0.5, 0.6) is 11.5 Å². The van der Waals surface area contributed by atoms with Gasteiger partial charge in [0.05, 0.1) is 24.2 Å². The van der Waals surface area contributed by atoms with Crippen LogP contribution >= 0.6 is 0 Å². The van der Waals surface area contributed by atoms with Crippen LogP contribution in [0.4, 0.5) is 18.9 Å². The first-order valence-corrected chi connectivity index (χ1v) is 15.4. The van der Waals surface area contributed by atoms with Gasteiger partial charge in [-0.2, -0.15) is 0 Å². The number of sulfonamides is 1. The molecule has 0 spiro atoms. The van der Waals surface area contributed by atoms with Crippen molar-refractivity contribution in [3.63, 3.8) is 0 Å². The maximum absolute atomic E-state index is 12.8. The number of ether oxygens (including phenoxy) is 3. The predicted octanol–water partition coefficient (Wildman–Crippen LogP) is 7.17. The number of hydrogen-bond donors (Lipinski definition) is 2. The van der Waals surface area contributed by atoms with E-state index in [-0.39, 0.29) is 11.3 Å². The van der Waals surface area contributed by atoms with Crippen LogP contribution in [0.15, 0.2) is 42.5 Å². The number of nitrogens with one attached hydrogen (secondary N) is 1. The fraction of sp³-hybridized carbons (Fsp3) is 0.387. The van der Waals surface area contributed by atoms with Gasteiger partial charge in [0, 0.05) is 11.1 Å². The summed E-state index contributed by atoms with van der Waals surface area (Å²) in [6.45, 7) is 9.05. The average molecular weight is 622 g/mol. The van der Waals surface area contributed by atoms with Crippen LogP contribution in [0, 0.1) is 13.8 Å². The summed E-state index contributed by atoms with van der Waals surface area (Å²) in [4.78, 5) is 12.8. The van der Waals surface area contributed by atoms with Gasteiger partial charge in [-0.1, -0.05) is 18.2 Å². The highest BCUT2D eigenvalue weighted by atomic mass is 32.2. The SMILES string of the molecule is Cc1c(-c2ccc(OC(F)(F)F)cc2)c(NS(C)(=O)=O)c(C)c(C(OC(C)(C)C)C(=O)O)c1-c1ccc2c(c1)CCCO2. The van der Waals surface area contributed by atoms with Gasteiger partial charge in [0.1, 0.15) is 11.5 Å². The van der Waals surface area contributed by atoms with Crippen molar-refractivity contribution in [2.45, 2.75) is 65.5 Å². The van der Waals surface area contributed by atoms with Crippen LogP contribution in [-0.4, -0.2) is 44.3 Å². The summed E-state index contributed by atoms with van der Waals surface area (Å²) in [7, 11) is -3.89. The fourth-order valence-electron chi connectivity index (χ4n) is 5.32. The maximum Gasteiger partial charge on any atom is 0.573 e. The van der Waals surface area contributed by atoms with Crippen molar-refractivity contribution in [2.75, 3.05) is 17.6 Å². The molecule has 3 aromatic carbocycles. The molecule has 0 radical (unpaired) electrons. The number of alkyl halides is 3. The average Bonchev–Trinajstić information content (AvgIpc) is 2.87. The fourth-order valence-corrected chi connectivity index (χ4v) is 5.95. The van der Waals surface area contributed by atoms with Gasteiger partial charge in [0.2, 0.25) is 10.0 Å². The number of hydrogen-bond acceptors (Lipinski definition) is 6. The normalized spacial score (nSPS) is 14.4. The van der Waals surface area contributed by atoms with Crippen molar-refractivity contribution >= 4 is 21.7 Å². The zero-order valence-electron chi connectivity index (χ0n) is 24.7. The highest BCUT2D eigenvalue weighted by Gasteiger charge is 2.35. The molecule has 43 heavy (non-hydrogen) atoms. The Morgan fingerprint density at radius 3 is 2.19 bits per heavy atom. The van der Waals surface area contributed by atoms with Crippen molar-refractivity contribution in [2.24, 2.45) is 0 Å². The standard InChI is InChI=1S/C31H34F3NO7S/c1-17-24(21-11-14-23-20(16-21)8-7-15-40-23)26(28(29(36)37)42-30(3,4)5)18(2)27(35-43(6,38)39)25(17)19-9-12-22(13-10-19)41-31(32,33)34/h9-14,16,28,35H,7-8,15H2,1-6H3,(H,36,37). The van der Waals surface area contributed by atoms with E-state index >= 15 is 0 Å². The quantitative estimate of drug-likeness (QED) is 0.274. The third-order valence-electron chi connectivity index (χ3n) is 6.87. The Balaban J connectivity index is 2.10. The minimum absolute atomic E-state index is 0.0910. The van der Waals surface area contributed by atoms with E-state index in [1.807, 2.05) is 12.1 Å². The minimum Gasteiger partial charge on any atom is -0.493 e. The van der Waals surface area contributed by atoms with Gasteiger partial charge in [-0.25, -0.2) is 13.2 Å². The number of anilines is 1. The molecule has 1 atom stereocenters. The van der Waals surface area contributed by atoms with Gasteiger partial charge >= 0.3 is 12.3 Å². The van der Waals surface area contributed by atoms with Crippen molar-refractivity contribution in [1.82, 2.24) is 0 Å². The van der Waals surface area contributed by atoms with E-state index in [4.69, 9.17) is 9.47 Å². The molecule has 0 saturated heterocycles. The lowest BCUT2D eigenvalue weighted by Crippen LogP contribution is -2.29. The molecule has 0 bridgehead atoms. The van der Waals surface area contributed by atoms with E-state index in [2.05, 4.69) is 9.46 Å². The Hall–Kier alpha value is -3.77. The summed E-state index contributed by atoms with van der Waals surface area (Å²) in [6.07, 6.45) is -3.86. The van der Waals surface area contributed by atoms with E-state index in [1.54, 1.807) is 40.7 Å². The van der Waals surface area contributed by atoms with Crippen LogP contribution in [0.2, 0.25) is 0 Å². The van der Waals surface area contributed by atoms with Crippen molar-refractivity contribution in [3.8, 4) is 33.8 Å². The molecule has 4 rings (SSSR count). The molecular formula is C31H34F3NO7S. The second kappa shape index (κ2) is 11.7. The van der Waals surface area contributed by atoms with Gasteiger partial charge in [0.15, 0.2) is 6.10 Å². The Kier molecular flexibility index (Phi) is 8.77. The summed E-state index contributed by atoms with van der Waals surface area (Å²) in [5, 5.41) is 10.4. The molecule has 1 unspecified atom stereocenters. The smallest absolute Gasteiger partial charge is 0.493 e. The first-order chi connectivity index (χ1) is 19.8. The van der Waals surface area contributed by atoms with Gasteiger partial charge < -0.3 is 19.3 Å². The third-order valence-corrected chi connectivity index (χ3v) is 7.44. The first-order valence-electron chi connectivity index (χ1n) is 13.5. The number of benzene rings is 3. The van der Waals surface area contributed by atoms with E-state index in [1.165, 1.54) is 12.1 Å². The Bertz CT molecular complexity index is 1640. The molecule has 3 aromatic rings. The molecule has 0 amide bonds. The lowest BCUT2D eigenvalue weighted by molar-refractivity contribution is -0.274. The van der Waals surface area contributed by atoms with Gasteiger partial charge in [-0.3, -0.25) is 4.72 Å².